The fraction of sp³-hybridized carbons (Fsp3) is 0.185. The highest BCUT2D eigenvalue weighted by atomic mass is 16.5. The van der Waals surface area contributed by atoms with E-state index in [-0.39, 0.29) is 24.6 Å². The molecule has 5 rings (SSSR count). The first-order valence-corrected chi connectivity index (χ1v) is 11.3. The zero-order chi connectivity index (χ0) is 24.5. The number of amides is 3. The minimum atomic E-state index is -0.642. The predicted octanol–water partition coefficient (Wildman–Crippen LogP) is 3.84. The SMILES string of the molecule is CCOc1ccc(N2C[C@H](C(=O)Oc3cccc(N4C(=O)c5ccccc5C4=O)c3)CC2=O)cc1. The van der Waals surface area contributed by atoms with E-state index in [2.05, 4.69) is 0 Å². The molecule has 0 aliphatic carbocycles. The molecule has 2 aliphatic rings. The van der Waals surface area contributed by atoms with Crippen LogP contribution in [0.1, 0.15) is 34.1 Å². The van der Waals surface area contributed by atoms with Crippen LogP contribution in [0.3, 0.4) is 0 Å². The minimum Gasteiger partial charge on any atom is -0.494 e. The number of esters is 1. The monoisotopic (exact) mass is 470 g/mol. The van der Waals surface area contributed by atoms with Crippen molar-refractivity contribution in [1.82, 2.24) is 0 Å². The van der Waals surface area contributed by atoms with E-state index in [1.807, 2.05) is 6.92 Å². The molecular formula is C27H22N2O6. The van der Waals surface area contributed by atoms with E-state index in [0.717, 1.165) is 4.90 Å². The van der Waals surface area contributed by atoms with Crippen molar-refractivity contribution in [2.45, 2.75) is 13.3 Å². The highest BCUT2D eigenvalue weighted by molar-refractivity contribution is 6.34. The summed E-state index contributed by atoms with van der Waals surface area (Å²) in [4.78, 5) is 53.6. The molecule has 2 heterocycles. The molecule has 0 radical (unpaired) electrons. The molecule has 0 aromatic heterocycles. The maximum Gasteiger partial charge on any atom is 0.316 e. The lowest BCUT2D eigenvalue weighted by Gasteiger charge is -2.17. The van der Waals surface area contributed by atoms with Crippen molar-refractivity contribution >= 4 is 35.1 Å². The second-order valence-electron chi connectivity index (χ2n) is 8.24. The van der Waals surface area contributed by atoms with Crippen molar-refractivity contribution in [3.8, 4) is 11.5 Å². The summed E-state index contributed by atoms with van der Waals surface area (Å²) >= 11 is 0. The third-order valence-corrected chi connectivity index (χ3v) is 6.01. The molecule has 1 fully saturated rings. The highest BCUT2D eigenvalue weighted by Crippen LogP contribution is 2.32. The van der Waals surface area contributed by atoms with Crippen LogP contribution >= 0.6 is 0 Å². The first-order valence-electron chi connectivity index (χ1n) is 11.3. The predicted molar refractivity (Wildman–Crippen MR) is 128 cm³/mol. The number of ether oxygens (including phenoxy) is 2. The normalized spacial score (nSPS) is 17.1. The van der Waals surface area contributed by atoms with Gasteiger partial charge in [0.2, 0.25) is 5.91 Å². The number of rotatable bonds is 6. The van der Waals surface area contributed by atoms with Gasteiger partial charge < -0.3 is 14.4 Å². The summed E-state index contributed by atoms with van der Waals surface area (Å²) < 4.78 is 11.0. The number of carbonyl (C=O) groups is 4. The number of fused-ring (bicyclic) bond motifs is 1. The van der Waals surface area contributed by atoms with Crippen LogP contribution in [-0.4, -0.2) is 36.8 Å². The molecule has 8 heteroatoms. The lowest BCUT2D eigenvalue weighted by Crippen LogP contribution is -2.29. The molecule has 2 aliphatic heterocycles. The standard InChI is InChI=1S/C27H22N2O6/c1-2-34-20-12-10-18(11-13-20)28-16-17(14-24(28)30)27(33)35-21-7-5-6-19(15-21)29-25(31)22-8-3-4-9-23(22)26(29)32/h3-13,15,17H,2,14,16H2,1H3/t17-/m1/s1. The van der Waals surface area contributed by atoms with Crippen molar-refractivity contribution in [3.05, 3.63) is 83.9 Å². The largest absolute Gasteiger partial charge is 0.494 e. The molecule has 1 saturated heterocycles. The first-order chi connectivity index (χ1) is 17.0. The van der Waals surface area contributed by atoms with E-state index in [1.54, 1.807) is 71.6 Å². The van der Waals surface area contributed by atoms with Crippen LogP contribution in [0.4, 0.5) is 11.4 Å². The molecule has 3 amide bonds. The van der Waals surface area contributed by atoms with Crippen molar-refractivity contribution in [1.29, 1.82) is 0 Å². The van der Waals surface area contributed by atoms with Crippen molar-refractivity contribution in [3.63, 3.8) is 0 Å². The molecule has 8 nitrogen and oxygen atoms in total. The summed E-state index contributed by atoms with van der Waals surface area (Å²) in [5.41, 5.74) is 1.65. The Morgan fingerprint density at radius 2 is 1.54 bits per heavy atom. The van der Waals surface area contributed by atoms with Gasteiger partial charge in [-0.1, -0.05) is 18.2 Å². The van der Waals surface area contributed by atoms with Gasteiger partial charge in [-0.05, 0) is 55.5 Å². The Hall–Kier alpha value is -4.46. The van der Waals surface area contributed by atoms with Gasteiger partial charge in [0.15, 0.2) is 0 Å². The average molecular weight is 470 g/mol. The fourth-order valence-electron chi connectivity index (χ4n) is 4.31. The number of imide groups is 1. The Bertz CT molecular complexity index is 1300. The Morgan fingerprint density at radius 1 is 0.857 bits per heavy atom. The number of carbonyl (C=O) groups excluding carboxylic acids is 4. The zero-order valence-electron chi connectivity index (χ0n) is 19.0. The maximum absolute atomic E-state index is 12.8. The lowest BCUT2D eigenvalue weighted by molar-refractivity contribution is -0.139. The van der Waals surface area contributed by atoms with Crippen LogP contribution in [0, 0.1) is 5.92 Å². The smallest absolute Gasteiger partial charge is 0.316 e. The molecule has 176 valence electrons. The average Bonchev–Trinajstić information content (AvgIpc) is 3.37. The van der Waals surface area contributed by atoms with Gasteiger partial charge in [-0.25, -0.2) is 4.90 Å². The Morgan fingerprint density at radius 3 is 2.20 bits per heavy atom. The van der Waals surface area contributed by atoms with Crippen LogP contribution < -0.4 is 19.3 Å². The van der Waals surface area contributed by atoms with Crippen molar-refractivity contribution in [2.24, 2.45) is 5.92 Å². The van der Waals surface area contributed by atoms with Gasteiger partial charge in [0.05, 0.1) is 29.3 Å². The topological polar surface area (TPSA) is 93.2 Å². The summed E-state index contributed by atoms with van der Waals surface area (Å²) in [7, 11) is 0. The van der Waals surface area contributed by atoms with Crippen LogP contribution in [0.15, 0.2) is 72.8 Å². The number of benzene rings is 3. The van der Waals surface area contributed by atoms with E-state index in [1.165, 1.54) is 6.07 Å². The van der Waals surface area contributed by atoms with Gasteiger partial charge in [-0.2, -0.15) is 0 Å². The van der Waals surface area contributed by atoms with Gasteiger partial charge in [0.1, 0.15) is 11.5 Å². The van der Waals surface area contributed by atoms with Crippen molar-refractivity contribution in [2.75, 3.05) is 23.0 Å². The van der Waals surface area contributed by atoms with Gasteiger partial charge in [0, 0.05) is 24.7 Å². The summed E-state index contributed by atoms with van der Waals surface area (Å²) in [5.74, 6) is -1.32. The molecule has 0 saturated carbocycles. The summed E-state index contributed by atoms with van der Waals surface area (Å²) in [6.45, 7) is 2.64. The number of hydrogen-bond acceptors (Lipinski definition) is 6. The molecule has 3 aromatic carbocycles. The van der Waals surface area contributed by atoms with Crippen LogP contribution in [0.25, 0.3) is 0 Å². The molecule has 0 N–H and O–H groups in total. The van der Waals surface area contributed by atoms with Gasteiger partial charge >= 0.3 is 5.97 Å². The molecule has 0 spiro atoms. The molecule has 1 atom stereocenters. The van der Waals surface area contributed by atoms with Crippen LogP contribution in [0.5, 0.6) is 11.5 Å². The van der Waals surface area contributed by atoms with E-state index >= 15 is 0 Å². The maximum atomic E-state index is 12.8. The summed E-state index contributed by atoms with van der Waals surface area (Å²) in [6, 6.07) is 20.0. The Kier molecular flexibility index (Phi) is 5.78. The van der Waals surface area contributed by atoms with Crippen LogP contribution in [0.2, 0.25) is 0 Å². The lowest BCUT2D eigenvalue weighted by atomic mass is 10.1. The molecule has 35 heavy (non-hydrogen) atoms. The third kappa shape index (κ3) is 4.14. The van der Waals surface area contributed by atoms with E-state index in [0.29, 0.717) is 34.9 Å². The third-order valence-electron chi connectivity index (χ3n) is 6.01. The number of nitrogens with zero attached hydrogens (tertiary/aromatic N) is 2. The van der Waals surface area contributed by atoms with E-state index < -0.39 is 23.7 Å². The second-order valence-corrected chi connectivity index (χ2v) is 8.24. The zero-order valence-corrected chi connectivity index (χ0v) is 19.0. The molecular weight excluding hydrogens is 448 g/mol. The van der Waals surface area contributed by atoms with E-state index in [9.17, 15) is 19.2 Å². The quantitative estimate of drug-likeness (QED) is 0.309. The number of anilines is 2. The highest BCUT2D eigenvalue weighted by Gasteiger charge is 2.38. The van der Waals surface area contributed by atoms with Crippen molar-refractivity contribution < 1.29 is 28.7 Å². The second kappa shape index (κ2) is 9.06. The molecule has 0 bridgehead atoms. The molecule has 3 aromatic rings. The summed E-state index contributed by atoms with van der Waals surface area (Å²) in [5, 5.41) is 0. The fourth-order valence-corrected chi connectivity index (χ4v) is 4.31. The van der Waals surface area contributed by atoms with E-state index in [4.69, 9.17) is 9.47 Å². The summed E-state index contributed by atoms with van der Waals surface area (Å²) in [6.07, 6.45) is 0.0319. The van der Waals surface area contributed by atoms with Crippen LogP contribution in [-0.2, 0) is 9.59 Å². The van der Waals surface area contributed by atoms with Gasteiger partial charge in [-0.15, -0.1) is 0 Å². The van der Waals surface area contributed by atoms with Gasteiger partial charge in [0.25, 0.3) is 11.8 Å². The first kappa shape index (κ1) is 22.3. The number of hydrogen-bond donors (Lipinski definition) is 0. The Balaban J connectivity index is 1.28. The molecule has 0 unspecified atom stereocenters. The minimum absolute atomic E-state index is 0.0319. The Labute approximate surface area is 201 Å². The van der Waals surface area contributed by atoms with Gasteiger partial charge in [-0.3, -0.25) is 19.2 Å².